The van der Waals surface area contributed by atoms with Gasteiger partial charge < -0.3 is 19.9 Å². The van der Waals surface area contributed by atoms with Gasteiger partial charge in [0.1, 0.15) is 17.4 Å². The third-order valence-electron chi connectivity index (χ3n) is 5.35. The van der Waals surface area contributed by atoms with Crippen LogP contribution in [0, 0.1) is 18.7 Å². The highest BCUT2D eigenvalue weighted by Gasteiger charge is 2.25. The summed E-state index contributed by atoms with van der Waals surface area (Å²) in [7, 11) is 0. The average molecular weight is 495 g/mol. The van der Waals surface area contributed by atoms with Gasteiger partial charge in [0.25, 0.3) is 0 Å². The Hall–Kier alpha value is -2.76. The molecular formula is C23H31FN4O5S. The number of carbonyl (C=O) groups excluding carboxylic acids is 1. The molecule has 3 atom stereocenters. The van der Waals surface area contributed by atoms with Gasteiger partial charge in [0.2, 0.25) is 5.88 Å². The number of aromatic carboxylic acids is 1. The van der Waals surface area contributed by atoms with Crippen LogP contribution in [0.25, 0.3) is 0 Å². The number of hydrogen-bond acceptors (Lipinski definition) is 7. The maximum Gasteiger partial charge on any atom is 0.344 e. The summed E-state index contributed by atoms with van der Waals surface area (Å²) in [5.41, 5.74) is 0.777. The first-order chi connectivity index (χ1) is 16.1. The van der Waals surface area contributed by atoms with Crippen LogP contribution in [0.1, 0.15) is 42.3 Å². The number of rotatable bonds is 9. The number of hydrogen-bond donors (Lipinski definition) is 3. The number of morpholine rings is 1. The Kier molecular flexibility index (Phi) is 8.81. The number of carboxylic acids is 1. The van der Waals surface area contributed by atoms with Crippen LogP contribution in [0.3, 0.4) is 0 Å². The first-order valence-corrected chi connectivity index (χ1v) is 11.9. The third-order valence-corrected chi connectivity index (χ3v) is 6.10. The van der Waals surface area contributed by atoms with Crippen LogP contribution in [0.4, 0.5) is 14.2 Å². The molecule has 3 N–H and O–H groups in total. The zero-order valence-electron chi connectivity index (χ0n) is 19.8. The van der Waals surface area contributed by atoms with Crippen LogP contribution in [-0.4, -0.2) is 64.8 Å². The van der Waals surface area contributed by atoms with Gasteiger partial charge in [0.15, 0.2) is 5.56 Å². The molecule has 1 saturated heterocycles. The lowest BCUT2D eigenvalue weighted by atomic mass is 10.1. The van der Waals surface area contributed by atoms with Gasteiger partial charge in [0, 0.05) is 31.7 Å². The Balaban J connectivity index is 1.53. The Morgan fingerprint density at radius 1 is 1.35 bits per heavy atom. The van der Waals surface area contributed by atoms with Gasteiger partial charge in [-0.05, 0) is 49.9 Å². The van der Waals surface area contributed by atoms with E-state index in [0.29, 0.717) is 6.54 Å². The van der Waals surface area contributed by atoms with Crippen LogP contribution in [0.2, 0.25) is 0 Å². The molecule has 0 aliphatic carbocycles. The van der Waals surface area contributed by atoms with E-state index in [2.05, 4.69) is 19.9 Å². The summed E-state index contributed by atoms with van der Waals surface area (Å²) >= 11 is 0.794. The van der Waals surface area contributed by atoms with Crippen molar-refractivity contribution in [3.05, 3.63) is 40.7 Å². The minimum Gasteiger partial charge on any atom is -0.477 e. The van der Waals surface area contributed by atoms with Crippen molar-refractivity contribution in [1.29, 1.82) is 0 Å². The van der Waals surface area contributed by atoms with Gasteiger partial charge in [0.05, 0.1) is 12.2 Å². The fraction of sp³-hybridized carbons (Fsp3) is 0.522. The zero-order chi connectivity index (χ0) is 24.8. The molecule has 2 heterocycles. The molecule has 1 aromatic heterocycles. The molecule has 2 amide bonds. The molecule has 0 saturated carbocycles. The highest BCUT2D eigenvalue weighted by Crippen LogP contribution is 2.31. The minimum absolute atomic E-state index is 0.0489. The molecule has 11 heteroatoms. The van der Waals surface area contributed by atoms with Crippen molar-refractivity contribution >= 4 is 28.5 Å². The molecule has 2 aromatic rings. The zero-order valence-corrected chi connectivity index (χ0v) is 20.6. The number of aryl methyl sites for hydroxylation is 1. The summed E-state index contributed by atoms with van der Waals surface area (Å²) in [6, 6.07) is 4.15. The van der Waals surface area contributed by atoms with E-state index >= 15 is 0 Å². The summed E-state index contributed by atoms with van der Waals surface area (Å²) in [4.78, 5) is 26.5. The third kappa shape index (κ3) is 7.12. The van der Waals surface area contributed by atoms with E-state index in [9.17, 15) is 19.1 Å². The van der Waals surface area contributed by atoms with Crippen LogP contribution in [-0.2, 0) is 11.3 Å². The first kappa shape index (κ1) is 25.9. The second-order valence-corrected chi connectivity index (χ2v) is 9.57. The number of nitrogens with zero attached hydrogens (tertiary/aromatic N) is 2. The minimum atomic E-state index is -1.30. The number of benzene rings is 1. The second-order valence-electron chi connectivity index (χ2n) is 8.80. The van der Waals surface area contributed by atoms with Gasteiger partial charge in [-0.25, -0.2) is 14.0 Å². The van der Waals surface area contributed by atoms with E-state index in [0.717, 1.165) is 36.7 Å². The van der Waals surface area contributed by atoms with Crippen molar-refractivity contribution in [2.75, 3.05) is 31.5 Å². The van der Waals surface area contributed by atoms with Crippen molar-refractivity contribution in [3.63, 3.8) is 0 Å². The summed E-state index contributed by atoms with van der Waals surface area (Å²) in [6.07, 6.45) is 0.346. The van der Waals surface area contributed by atoms with E-state index < -0.39 is 17.8 Å². The van der Waals surface area contributed by atoms with Crippen molar-refractivity contribution in [2.45, 2.75) is 46.5 Å². The Labute approximate surface area is 202 Å². The van der Waals surface area contributed by atoms with E-state index in [4.69, 9.17) is 9.47 Å². The molecule has 3 rings (SSSR count). The number of ether oxygens (including phenoxy) is 2. The number of anilines is 1. The summed E-state index contributed by atoms with van der Waals surface area (Å²) < 4.78 is 29.2. The topological polar surface area (TPSA) is 113 Å². The lowest BCUT2D eigenvalue weighted by Gasteiger charge is -2.36. The van der Waals surface area contributed by atoms with Crippen LogP contribution < -0.4 is 15.4 Å². The quantitative estimate of drug-likeness (QED) is 0.487. The van der Waals surface area contributed by atoms with Crippen molar-refractivity contribution < 1.29 is 28.6 Å². The van der Waals surface area contributed by atoms with E-state index in [1.54, 1.807) is 19.1 Å². The highest BCUT2D eigenvalue weighted by atomic mass is 32.1. The maximum atomic E-state index is 14.0. The van der Waals surface area contributed by atoms with Crippen LogP contribution >= 0.6 is 11.5 Å². The fourth-order valence-electron chi connectivity index (χ4n) is 3.92. The van der Waals surface area contributed by atoms with E-state index in [-0.39, 0.29) is 46.7 Å². The van der Waals surface area contributed by atoms with Crippen molar-refractivity contribution in [1.82, 2.24) is 14.6 Å². The van der Waals surface area contributed by atoms with E-state index in [1.165, 1.54) is 6.07 Å². The summed E-state index contributed by atoms with van der Waals surface area (Å²) in [5.74, 6) is -1.73. The second kappa shape index (κ2) is 11.6. The molecule has 1 aliphatic heterocycles. The van der Waals surface area contributed by atoms with Gasteiger partial charge in [-0.3, -0.25) is 10.2 Å². The number of halogens is 1. The number of amides is 2. The van der Waals surface area contributed by atoms with Gasteiger partial charge >= 0.3 is 12.0 Å². The van der Waals surface area contributed by atoms with Crippen molar-refractivity contribution in [3.8, 4) is 5.88 Å². The smallest absolute Gasteiger partial charge is 0.344 e. The molecule has 186 valence electrons. The summed E-state index contributed by atoms with van der Waals surface area (Å²) in [6.45, 7) is 10.6. The first-order valence-electron chi connectivity index (χ1n) is 11.2. The van der Waals surface area contributed by atoms with Gasteiger partial charge in [-0.15, -0.1) is 0 Å². The highest BCUT2D eigenvalue weighted by molar-refractivity contribution is 7.11. The van der Waals surface area contributed by atoms with Crippen LogP contribution in [0.15, 0.2) is 18.2 Å². The fourth-order valence-corrected chi connectivity index (χ4v) is 4.64. The summed E-state index contributed by atoms with van der Waals surface area (Å²) in [5, 5.41) is 15.0. The van der Waals surface area contributed by atoms with Crippen LogP contribution in [0.5, 0.6) is 5.88 Å². The van der Waals surface area contributed by atoms with Gasteiger partial charge in [-0.2, -0.15) is 4.37 Å². The monoisotopic (exact) mass is 494 g/mol. The standard InChI is InChI=1S/C23H31FN4O5S/c1-13-5-6-17(18(24)7-13)12-32-20-19(22(29)30)21(34-27-20)26-23(31)25-8-14(2)9-28-10-15(3)33-16(4)11-28/h5-7,14-16H,8-12H2,1-4H3,(H,29,30)(H2,25,26,31). The molecule has 9 nitrogen and oxygen atoms in total. The van der Waals surface area contributed by atoms with Crippen molar-refractivity contribution in [2.24, 2.45) is 5.92 Å². The number of aromatic nitrogens is 1. The Morgan fingerprint density at radius 2 is 2.06 bits per heavy atom. The predicted octanol–water partition coefficient (Wildman–Crippen LogP) is 3.73. The predicted molar refractivity (Wildman–Crippen MR) is 127 cm³/mol. The number of nitrogens with one attached hydrogen (secondary N) is 2. The molecule has 0 bridgehead atoms. The maximum absolute atomic E-state index is 14.0. The Bertz CT molecular complexity index is 1010. The molecule has 3 unspecified atom stereocenters. The molecule has 0 radical (unpaired) electrons. The Morgan fingerprint density at radius 3 is 2.71 bits per heavy atom. The number of carbonyl (C=O) groups is 2. The average Bonchev–Trinajstić information content (AvgIpc) is 3.13. The number of carboxylic acid groups (broad SMARTS) is 1. The SMILES string of the molecule is Cc1ccc(COc2nsc(NC(=O)NCC(C)CN3CC(C)OC(C)C3)c2C(=O)O)c(F)c1. The largest absolute Gasteiger partial charge is 0.477 e. The lowest BCUT2D eigenvalue weighted by molar-refractivity contribution is -0.0707. The van der Waals surface area contributed by atoms with Gasteiger partial charge in [-0.1, -0.05) is 19.1 Å². The molecule has 1 fully saturated rings. The normalized spacial score (nSPS) is 19.4. The molecule has 1 aliphatic rings. The molecule has 0 spiro atoms. The molecular weight excluding hydrogens is 463 g/mol. The lowest BCUT2D eigenvalue weighted by Crippen LogP contribution is -2.48. The number of urea groups is 1. The molecule has 34 heavy (non-hydrogen) atoms. The van der Waals surface area contributed by atoms with E-state index in [1.807, 2.05) is 20.8 Å². The molecule has 1 aromatic carbocycles.